The number of anilines is 1. The summed E-state index contributed by atoms with van der Waals surface area (Å²) in [5.74, 6) is -0.183. The number of nitrogens with two attached hydrogens (primary N) is 1. The molecule has 0 aliphatic rings. The zero-order chi connectivity index (χ0) is 14.7. The van der Waals surface area contributed by atoms with Crippen LogP contribution in [-0.4, -0.2) is 16.1 Å². The van der Waals surface area contributed by atoms with Gasteiger partial charge in [-0.2, -0.15) is 10.2 Å². The first-order chi connectivity index (χ1) is 9.51. The van der Waals surface area contributed by atoms with Crippen molar-refractivity contribution in [1.29, 1.82) is 0 Å². The van der Waals surface area contributed by atoms with Crippen LogP contribution in [0, 0.1) is 20.8 Å². The van der Waals surface area contributed by atoms with Gasteiger partial charge in [-0.1, -0.05) is 12.1 Å². The Balaban J connectivity index is 2.30. The van der Waals surface area contributed by atoms with E-state index in [1.54, 1.807) is 13.0 Å². The summed E-state index contributed by atoms with van der Waals surface area (Å²) in [5.41, 5.74) is 10.2. The zero-order valence-electron chi connectivity index (χ0n) is 11.9. The minimum atomic E-state index is -0.183. The third-order valence-corrected chi connectivity index (χ3v) is 3.13. The van der Waals surface area contributed by atoms with Crippen LogP contribution in [0.1, 0.15) is 32.9 Å². The molecule has 2 aromatic rings. The number of aryl methyl sites for hydroxylation is 3. The quantitative estimate of drug-likeness (QED) is 0.895. The summed E-state index contributed by atoms with van der Waals surface area (Å²) in [4.78, 5) is 12.3. The Bertz CT molecular complexity index is 652. The molecule has 3 N–H and O–H groups in total. The van der Waals surface area contributed by atoms with Crippen LogP contribution in [0.4, 0.5) is 5.69 Å². The van der Waals surface area contributed by atoms with Crippen LogP contribution in [-0.2, 0) is 6.54 Å². The van der Waals surface area contributed by atoms with Gasteiger partial charge in [-0.3, -0.25) is 4.79 Å². The van der Waals surface area contributed by atoms with Gasteiger partial charge in [0.25, 0.3) is 5.91 Å². The summed E-state index contributed by atoms with van der Waals surface area (Å²) >= 11 is 0. The summed E-state index contributed by atoms with van der Waals surface area (Å²) in [7, 11) is 0. The van der Waals surface area contributed by atoms with Gasteiger partial charge in [-0.15, -0.1) is 0 Å². The smallest absolute Gasteiger partial charge is 0.257 e. The third-order valence-electron chi connectivity index (χ3n) is 3.13. The predicted octanol–water partition coefficient (Wildman–Crippen LogP) is 2.11. The highest BCUT2D eigenvalue weighted by molar-refractivity contribution is 6.05. The van der Waals surface area contributed by atoms with E-state index < -0.39 is 0 Å². The van der Waals surface area contributed by atoms with Gasteiger partial charge in [0.05, 0.1) is 17.0 Å². The highest BCUT2D eigenvalue weighted by Crippen LogP contribution is 2.18. The van der Waals surface area contributed by atoms with Crippen molar-refractivity contribution in [2.75, 3.05) is 5.32 Å². The lowest BCUT2D eigenvalue weighted by Gasteiger charge is -2.11. The molecule has 0 bridgehead atoms. The molecule has 0 radical (unpaired) electrons. The lowest BCUT2D eigenvalue weighted by Crippen LogP contribution is -2.16. The van der Waals surface area contributed by atoms with Crippen LogP contribution >= 0.6 is 0 Å². The van der Waals surface area contributed by atoms with Crippen LogP contribution in [0.15, 0.2) is 24.3 Å². The Morgan fingerprint density at radius 1 is 1.20 bits per heavy atom. The molecule has 0 saturated heterocycles. The van der Waals surface area contributed by atoms with E-state index in [-0.39, 0.29) is 5.91 Å². The molecule has 0 atom stereocenters. The molecule has 104 valence electrons. The number of hydrogen-bond acceptors (Lipinski definition) is 4. The van der Waals surface area contributed by atoms with Crippen molar-refractivity contribution < 1.29 is 4.79 Å². The van der Waals surface area contributed by atoms with E-state index in [1.807, 2.05) is 32.0 Å². The van der Waals surface area contributed by atoms with E-state index in [0.717, 1.165) is 16.8 Å². The van der Waals surface area contributed by atoms with E-state index >= 15 is 0 Å². The standard InChI is InChI=1S/C15H18N4O/c1-9-4-5-12(8-16)7-14(9)17-15(20)13-6-10(2)18-19-11(13)3/h4-7H,8,16H2,1-3H3,(H,17,20). The van der Waals surface area contributed by atoms with Gasteiger partial charge in [0.15, 0.2) is 0 Å². The molecular formula is C15H18N4O. The summed E-state index contributed by atoms with van der Waals surface area (Å²) in [6.45, 7) is 5.96. The summed E-state index contributed by atoms with van der Waals surface area (Å²) in [6, 6.07) is 7.53. The largest absolute Gasteiger partial charge is 0.326 e. The molecule has 1 aromatic carbocycles. The summed E-state index contributed by atoms with van der Waals surface area (Å²) < 4.78 is 0. The number of aromatic nitrogens is 2. The molecule has 1 amide bonds. The van der Waals surface area contributed by atoms with Crippen molar-refractivity contribution in [3.05, 3.63) is 52.3 Å². The Morgan fingerprint density at radius 2 is 1.95 bits per heavy atom. The Hall–Kier alpha value is -2.27. The van der Waals surface area contributed by atoms with E-state index in [9.17, 15) is 4.79 Å². The minimum Gasteiger partial charge on any atom is -0.326 e. The first-order valence-electron chi connectivity index (χ1n) is 6.43. The minimum absolute atomic E-state index is 0.183. The highest BCUT2D eigenvalue weighted by atomic mass is 16.1. The molecule has 0 aliphatic carbocycles. The van der Waals surface area contributed by atoms with Crippen LogP contribution in [0.2, 0.25) is 0 Å². The average molecular weight is 270 g/mol. The first-order valence-corrected chi connectivity index (χ1v) is 6.43. The van der Waals surface area contributed by atoms with Gasteiger partial charge in [0.1, 0.15) is 0 Å². The van der Waals surface area contributed by atoms with Gasteiger partial charge in [0, 0.05) is 12.2 Å². The van der Waals surface area contributed by atoms with Gasteiger partial charge in [0.2, 0.25) is 0 Å². The van der Waals surface area contributed by atoms with Crippen molar-refractivity contribution in [3.63, 3.8) is 0 Å². The normalized spacial score (nSPS) is 10.4. The van der Waals surface area contributed by atoms with Crippen molar-refractivity contribution in [3.8, 4) is 0 Å². The van der Waals surface area contributed by atoms with Crippen LogP contribution in [0.25, 0.3) is 0 Å². The molecule has 5 heteroatoms. The van der Waals surface area contributed by atoms with E-state index in [1.165, 1.54) is 0 Å². The maximum atomic E-state index is 12.3. The van der Waals surface area contributed by atoms with Gasteiger partial charge >= 0.3 is 0 Å². The fourth-order valence-corrected chi connectivity index (χ4v) is 1.90. The van der Waals surface area contributed by atoms with Crippen LogP contribution in [0.5, 0.6) is 0 Å². The molecule has 0 aliphatic heterocycles. The average Bonchev–Trinajstić information content (AvgIpc) is 2.43. The molecule has 20 heavy (non-hydrogen) atoms. The number of nitrogens with zero attached hydrogens (tertiary/aromatic N) is 2. The number of amides is 1. The second-order valence-electron chi connectivity index (χ2n) is 4.79. The van der Waals surface area contributed by atoms with Gasteiger partial charge in [-0.25, -0.2) is 0 Å². The number of rotatable bonds is 3. The number of benzene rings is 1. The molecular weight excluding hydrogens is 252 g/mol. The second kappa shape index (κ2) is 5.79. The fraction of sp³-hybridized carbons (Fsp3) is 0.267. The monoisotopic (exact) mass is 270 g/mol. The summed E-state index contributed by atoms with van der Waals surface area (Å²) in [6.07, 6.45) is 0. The summed E-state index contributed by atoms with van der Waals surface area (Å²) in [5, 5.41) is 10.8. The molecule has 1 aromatic heterocycles. The molecule has 0 saturated carbocycles. The maximum absolute atomic E-state index is 12.3. The number of carbonyl (C=O) groups is 1. The molecule has 0 unspecified atom stereocenters. The lowest BCUT2D eigenvalue weighted by molar-refractivity contribution is 0.102. The fourth-order valence-electron chi connectivity index (χ4n) is 1.90. The maximum Gasteiger partial charge on any atom is 0.257 e. The third kappa shape index (κ3) is 3.00. The predicted molar refractivity (Wildman–Crippen MR) is 78.5 cm³/mol. The Kier molecular flexibility index (Phi) is 4.10. The van der Waals surface area contributed by atoms with Gasteiger partial charge in [-0.05, 0) is 44.0 Å². The highest BCUT2D eigenvalue weighted by Gasteiger charge is 2.12. The molecule has 5 nitrogen and oxygen atoms in total. The van der Waals surface area contributed by atoms with E-state index in [0.29, 0.717) is 23.5 Å². The number of nitrogens with one attached hydrogen (secondary N) is 1. The number of hydrogen-bond donors (Lipinski definition) is 2. The molecule has 0 spiro atoms. The molecule has 0 fully saturated rings. The van der Waals surface area contributed by atoms with Gasteiger partial charge < -0.3 is 11.1 Å². The molecule has 2 rings (SSSR count). The lowest BCUT2D eigenvalue weighted by atomic mass is 10.1. The van der Waals surface area contributed by atoms with Crippen molar-refractivity contribution in [2.45, 2.75) is 27.3 Å². The Morgan fingerprint density at radius 3 is 2.65 bits per heavy atom. The van der Waals surface area contributed by atoms with Crippen LogP contribution < -0.4 is 11.1 Å². The SMILES string of the molecule is Cc1cc(C(=O)Nc2cc(CN)ccc2C)c(C)nn1. The van der Waals surface area contributed by atoms with E-state index in [4.69, 9.17) is 5.73 Å². The first kappa shape index (κ1) is 14.1. The van der Waals surface area contributed by atoms with E-state index in [2.05, 4.69) is 15.5 Å². The number of carbonyl (C=O) groups excluding carboxylic acids is 1. The van der Waals surface area contributed by atoms with Crippen LogP contribution in [0.3, 0.4) is 0 Å². The second-order valence-corrected chi connectivity index (χ2v) is 4.79. The van der Waals surface area contributed by atoms with Crippen molar-refractivity contribution >= 4 is 11.6 Å². The topological polar surface area (TPSA) is 80.9 Å². The zero-order valence-corrected chi connectivity index (χ0v) is 11.9. The van der Waals surface area contributed by atoms with Crippen molar-refractivity contribution in [2.24, 2.45) is 5.73 Å². The Labute approximate surface area is 118 Å². The molecule has 1 heterocycles. The van der Waals surface area contributed by atoms with Crippen molar-refractivity contribution in [1.82, 2.24) is 10.2 Å².